The van der Waals surface area contributed by atoms with Crippen molar-refractivity contribution >= 4 is 11.9 Å². The van der Waals surface area contributed by atoms with Crippen molar-refractivity contribution in [3.05, 3.63) is 41.4 Å². The quantitative estimate of drug-likeness (QED) is 0.817. The summed E-state index contributed by atoms with van der Waals surface area (Å²) in [5.74, 6) is 0.953. The van der Waals surface area contributed by atoms with Gasteiger partial charge in [-0.2, -0.15) is 10.1 Å². The lowest BCUT2D eigenvalue weighted by Crippen LogP contribution is -2.49. The Morgan fingerprint density at radius 3 is 2.75 bits per heavy atom. The molecular weight excluding hydrogens is 360 g/mol. The number of phenols is 1. The number of carbonyl (C=O) groups is 1. The van der Waals surface area contributed by atoms with E-state index in [2.05, 4.69) is 27.3 Å². The van der Waals surface area contributed by atoms with Gasteiger partial charge in [0.1, 0.15) is 12.4 Å². The van der Waals surface area contributed by atoms with Gasteiger partial charge in [-0.3, -0.25) is 4.79 Å². The van der Waals surface area contributed by atoms with Crippen LogP contribution in [0.2, 0.25) is 0 Å². The van der Waals surface area contributed by atoms with Crippen molar-refractivity contribution in [1.29, 1.82) is 0 Å². The topological polar surface area (TPSA) is 95.8 Å². The van der Waals surface area contributed by atoms with Gasteiger partial charge < -0.3 is 25.0 Å². The maximum absolute atomic E-state index is 13.5. The standard InChI is InChI=1S/C19H24N6O3/c1-12-16(18(27)24-8-6-23(2)7-9-24)17(25-19(22-12)20-11-21-25)13-4-5-14(26)15(10-13)28-3/h4-5,10-11,17,26H,6-9H2,1-3H3,(H,20,21,22). The second-order valence-electron chi connectivity index (χ2n) is 7.12. The number of methoxy groups -OCH3 is 1. The summed E-state index contributed by atoms with van der Waals surface area (Å²) in [6.07, 6.45) is 1.46. The first-order valence-electron chi connectivity index (χ1n) is 9.21. The second kappa shape index (κ2) is 7.16. The lowest BCUT2D eigenvalue weighted by Gasteiger charge is -2.36. The van der Waals surface area contributed by atoms with Crippen LogP contribution >= 0.6 is 0 Å². The molecule has 2 aliphatic rings. The molecule has 2 N–H and O–H groups in total. The zero-order chi connectivity index (χ0) is 19.8. The van der Waals surface area contributed by atoms with E-state index in [4.69, 9.17) is 4.74 Å². The summed E-state index contributed by atoms with van der Waals surface area (Å²) < 4.78 is 6.97. The van der Waals surface area contributed by atoms with E-state index in [0.29, 0.717) is 30.4 Å². The number of likely N-dealkylation sites (N-methyl/N-ethyl adjacent to an activating group) is 1. The Morgan fingerprint density at radius 1 is 1.29 bits per heavy atom. The molecule has 1 atom stereocenters. The number of fused-ring (bicyclic) bond motifs is 1. The van der Waals surface area contributed by atoms with Crippen molar-refractivity contribution in [1.82, 2.24) is 24.6 Å². The van der Waals surface area contributed by atoms with E-state index in [-0.39, 0.29) is 11.7 Å². The Morgan fingerprint density at radius 2 is 2.04 bits per heavy atom. The monoisotopic (exact) mass is 384 g/mol. The van der Waals surface area contributed by atoms with Crippen LogP contribution in [0, 0.1) is 0 Å². The molecule has 1 unspecified atom stereocenters. The van der Waals surface area contributed by atoms with E-state index in [1.54, 1.807) is 22.9 Å². The fraction of sp³-hybridized carbons (Fsp3) is 0.421. The van der Waals surface area contributed by atoms with Crippen LogP contribution in [0.4, 0.5) is 5.95 Å². The van der Waals surface area contributed by atoms with Crippen LogP contribution in [0.15, 0.2) is 35.8 Å². The first-order valence-corrected chi connectivity index (χ1v) is 9.21. The number of ether oxygens (including phenoxy) is 1. The summed E-state index contributed by atoms with van der Waals surface area (Å²) >= 11 is 0. The smallest absolute Gasteiger partial charge is 0.254 e. The highest BCUT2D eigenvalue weighted by atomic mass is 16.5. The molecule has 148 valence electrons. The highest BCUT2D eigenvalue weighted by Crippen LogP contribution is 2.38. The third-order valence-electron chi connectivity index (χ3n) is 5.33. The molecular formula is C19H24N6O3. The van der Waals surface area contributed by atoms with Crippen LogP contribution in [-0.4, -0.2) is 75.9 Å². The van der Waals surface area contributed by atoms with Crippen LogP contribution < -0.4 is 10.1 Å². The highest BCUT2D eigenvalue weighted by molar-refractivity contribution is 5.97. The molecule has 1 fully saturated rings. The van der Waals surface area contributed by atoms with E-state index in [1.807, 2.05) is 11.8 Å². The minimum atomic E-state index is -0.458. The van der Waals surface area contributed by atoms with E-state index in [1.165, 1.54) is 13.4 Å². The third-order valence-corrected chi connectivity index (χ3v) is 5.33. The average molecular weight is 384 g/mol. The molecule has 0 bridgehead atoms. The number of anilines is 1. The van der Waals surface area contributed by atoms with E-state index in [9.17, 15) is 9.90 Å². The van der Waals surface area contributed by atoms with Crippen molar-refractivity contribution in [2.45, 2.75) is 13.0 Å². The van der Waals surface area contributed by atoms with Gasteiger partial charge in [-0.05, 0) is 31.7 Å². The summed E-state index contributed by atoms with van der Waals surface area (Å²) in [6, 6.07) is 4.63. The molecule has 0 saturated carbocycles. The number of piperazine rings is 1. The summed E-state index contributed by atoms with van der Waals surface area (Å²) in [5, 5.41) is 17.5. The lowest BCUT2D eigenvalue weighted by molar-refractivity contribution is -0.129. The van der Waals surface area contributed by atoms with Gasteiger partial charge in [-0.1, -0.05) is 6.07 Å². The highest BCUT2D eigenvalue weighted by Gasteiger charge is 2.36. The van der Waals surface area contributed by atoms with Gasteiger partial charge >= 0.3 is 0 Å². The Labute approximate surface area is 163 Å². The van der Waals surface area contributed by atoms with Gasteiger partial charge in [0.15, 0.2) is 11.5 Å². The minimum absolute atomic E-state index is 0.0173. The third kappa shape index (κ3) is 3.07. The van der Waals surface area contributed by atoms with Gasteiger partial charge in [0, 0.05) is 31.9 Å². The summed E-state index contributed by atoms with van der Waals surface area (Å²) in [4.78, 5) is 21.8. The molecule has 0 radical (unpaired) electrons. The normalized spacial score (nSPS) is 20.0. The number of benzene rings is 1. The van der Waals surface area contributed by atoms with Gasteiger partial charge in [0.25, 0.3) is 5.91 Å². The van der Waals surface area contributed by atoms with Gasteiger partial charge in [0.05, 0.1) is 12.7 Å². The molecule has 2 aromatic rings. The number of nitrogens with one attached hydrogen (secondary N) is 1. The van der Waals surface area contributed by atoms with Gasteiger partial charge in [0.2, 0.25) is 5.95 Å². The van der Waals surface area contributed by atoms with Crippen molar-refractivity contribution in [2.24, 2.45) is 0 Å². The number of allylic oxidation sites excluding steroid dienone is 1. The number of phenolic OH excluding ortho intramolecular Hbond substituents is 1. The zero-order valence-electron chi connectivity index (χ0n) is 16.2. The fourth-order valence-electron chi connectivity index (χ4n) is 3.72. The van der Waals surface area contributed by atoms with Crippen LogP contribution in [0.5, 0.6) is 11.5 Å². The molecule has 3 heterocycles. The molecule has 9 heteroatoms. The predicted octanol–water partition coefficient (Wildman–Crippen LogP) is 1.06. The molecule has 2 aliphatic heterocycles. The molecule has 1 amide bonds. The number of aromatic nitrogens is 3. The average Bonchev–Trinajstić information content (AvgIpc) is 3.15. The van der Waals surface area contributed by atoms with Crippen molar-refractivity contribution in [2.75, 3.05) is 45.7 Å². The summed E-state index contributed by atoms with van der Waals surface area (Å²) in [6.45, 7) is 4.94. The van der Waals surface area contributed by atoms with Crippen molar-refractivity contribution in [3.8, 4) is 11.5 Å². The van der Waals surface area contributed by atoms with Crippen LogP contribution in [0.25, 0.3) is 0 Å². The number of amides is 1. The number of hydrogen-bond acceptors (Lipinski definition) is 7. The predicted molar refractivity (Wildman–Crippen MR) is 103 cm³/mol. The number of carbonyl (C=O) groups excluding carboxylic acids is 1. The Hall–Kier alpha value is -3.07. The Kier molecular flexibility index (Phi) is 4.68. The first-order chi connectivity index (χ1) is 13.5. The maximum Gasteiger partial charge on any atom is 0.254 e. The fourth-order valence-corrected chi connectivity index (χ4v) is 3.72. The van der Waals surface area contributed by atoms with E-state index < -0.39 is 6.04 Å². The molecule has 9 nitrogen and oxygen atoms in total. The van der Waals surface area contributed by atoms with Crippen LogP contribution in [-0.2, 0) is 4.79 Å². The van der Waals surface area contributed by atoms with E-state index in [0.717, 1.165) is 24.4 Å². The molecule has 1 aromatic carbocycles. The molecule has 1 aromatic heterocycles. The van der Waals surface area contributed by atoms with E-state index >= 15 is 0 Å². The lowest BCUT2D eigenvalue weighted by atomic mass is 9.94. The van der Waals surface area contributed by atoms with Crippen LogP contribution in [0.1, 0.15) is 18.5 Å². The zero-order valence-corrected chi connectivity index (χ0v) is 16.2. The van der Waals surface area contributed by atoms with Crippen molar-refractivity contribution < 1.29 is 14.6 Å². The molecule has 4 rings (SSSR count). The molecule has 0 aliphatic carbocycles. The molecule has 1 saturated heterocycles. The Balaban J connectivity index is 1.78. The number of nitrogens with zero attached hydrogens (tertiary/aromatic N) is 5. The SMILES string of the molecule is COc1cc(C2C(C(=O)N3CCN(C)CC3)=C(C)Nc3ncnn32)ccc1O. The first kappa shape index (κ1) is 18.3. The summed E-state index contributed by atoms with van der Waals surface area (Å²) in [5.41, 5.74) is 2.16. The molecule has 0 spiro atoms. The van der Waals surface area contributed by atoms with Gasteiger partial charge in [-0.25, -0.2) is 4.68 Å². The van der Waals surface area contributed by atoms with Crippen LogP contribution in [0.3, 0.4) is 0 Å². The number of hydrogen-bond donors (Lipinski definition) is 2. The maximum atomic E-state index is 13.5. The van der Waals surface area contributed by atoms with Crippen molar-refractivity contribution in [3.63, 3.8) is 0 Å². The summed E-state index contributed by atoms with van der Waals surface area (Å²) in [7, 11) is 3.56. The Bertz CT molecular complexity index is 930. The second-order valence-corrected chi connectivity index (χ2v) is 7.12. The largest absolute Gasteiger partial charge is 0.504 e. The minimum Gasteiger partial charge on any atom is -0.504 e. The number of rotatable bonds is 3. The van der Waals surface area contributed by atoms with Gasteiger partial charge in [-0.15, -0.1) is 0 Å². The number of aromatic hydroxyl groups is 1. The molecule has 28 heavy (non-hydrogen) atoms.